The molecule has 0 amide bonds. The molecule has 1 N–H and O–H groups in total. The normalized spacial score (nSPS) is 35.1. The Morgan fingerprint density at radius 3 is 2.31 bits per heavy atom. The van der Waals surface area contributed by atoms with Gasteiger partial charge in [-0.2, -0.15) is 0 Å². The largest absolute Gasteiger partial charge is 0.497 e. The van der Waals surface area contributed by atoms with E-state index in [0.29, 0.717) is 10.8 Å². The van der Waals surface area contributed by atoms with Crippen LogP contribution < -0.4 is 10.1 Å². The molecule has 16 heavy (non-hydrogen) atoms. The molecule has 3 saturated carbocycles. The molecule has 1 aromatic rings. The van der Waals surface area contributed by atoms with Crippen molar-refractivity contribution in [3.63, 3.8) is 0 Å². The fourth-order valence-corrected chi connectivity index (χ4v) is 3.81. The molecule has 2 nitrogen and oxygen atoms in total. The van der Waals surface area contributed by atoms with Crippen LogP contribution in [0.15, 0.2) is 24.3 Å². The first-order valence-electron chi connectivity index (χ1n) is 6.01. The number of hydrogen-bond acceptors (Lipinski definition) is 2. The van der Waals surface area contributed by atoms with E-state index in [2.05, 4.69) is 36.6 Å². The summed E-state index contributed by atoms with van der Waals surface area (Å²) in [7, 11) is 3.78. The van der Waals surface area contributed by atoms with Crippen molar-refractivity contribution in [3.05, 3.63) is 29.8 Å². The molecule has 0 aromatic heterocycles. The number of ether oxygens (including phenoxy) is 1. The second kappa shape index (κ2) is 3.24. The zero-order chi connectivity index (χ0) is 11.2. The highest BCUT2D eigenvalue weighted by Crippen LogP contribution is 2.73. The van der Waals surface area contributed by atoms with E-state index in [4.69, 9.17) is 4.74 Å². The van der Waals surface area contributed by atoms with Crippen LogP contribution in [0.5, 0.6) is 5.75 Å². The van der Waals surface area contributed by atoms with Crippen LogP contribution in [0, 0.1) is 5.41 Å². The molecule has 1 aromatic carbocycles. The van der Waals surface area contributed by atoms with Gasteiger partial charge in [-0.15, -0.1) is 0 Å². The van der Waals surface area contributed by atoms with E-state index in [0.717, 1.165) is 5.75 Å². The van der Waals surface area contributed by atoms with Crippen molar-refractivity contribution >= 4 is 0 Å². The summed E-state index contributed by atoms with van der Waals surface area (Å²) in [5.41, 5.74) is 2.66. The van der Waals surface area contributed by atoms with Gasteiger partial charge in [0, 0.05) is 6.54 Å². The van der Waals surface area contributed by atoms with Crippen LogP contribution in [0.4, 0.5) is 0 Å². The molecule has 0 unspecified atom stereocenters. The molecule has 0 atom stereocenters. The van der Waals surface area contributed by atoms with Gasteiger partial charge in [-0.25, -0.2) is 0 Å². The van der Waals surface area contributed by atoms with Gasteiger partial charge in [-0.05, 0) is 54.8 Å². The van der Waals surface area contributed by atoms with Crippen LogP contribution >= 0.6 is 0 Å². The maximum Gasteiger partial charge on any atom is 0.118 e. The second-order valence-electron chi connectivity index (χ2n) is 5.57. The molecule has 4 rings (SSSR count). The summed E-state index contributed by atoms with van der Waals surface area (Å²) in [5, 5.41) is 3.31. The summed E-state index contributed by atoms with van der Waals surface area (Å²) in [4.78, 5) is 0. The van der Waals surface area contributed by atoms with Crippen molar-refractivity contribution in [2.45, 2.75) is 24.7 Å². The topological polar surface area (TPSA) is 21.3 Å². The van der Waals surface area contributed by atoms with Crippen LogP contribution in [0.1, 0.15) is 24.8 Å². The molecule has 86 valence electrons. The molecule has 3 aliphatic carbocycles. The number of benzene rings is 1. The van der Waals surface area contributed by atoms with E-state index < -0.39 is 0 Å². The summed E-state index contributed by atoms with van der Waals surface area (Å²) in [6.07, 6.45) is 4.10. The summed E-state index contributed by atoms with van der Waals surface area (Å²) in [6.45, 7) is 1.19. The Morgan fingerprint density at radius 1 is 1.19 bits per heavy atom. The predicted molar refractivity (Wildman–Crippen MR) is 64.9 cm³/mol. The number of hydrogen-bond donors (Lipinski definition) is 1. The first-order chi connectivity index (χ1) is 7.72. The highest BCUT2D eigenvalue weighted by atomic mass is 16.5. The lowest BCUT2D eigenvalue weighted by molar-refractivity contribution is -0.137. The van der Waals surface area contributed by atoms with Crippen molar-refractivity contribution in [1.82, 2.24) is 5.32 Å². The molecule has 3 fully saturated rings. The van der Waals surface area contributed by atoms with Crippen molar-refractivity contribution in [2.75, 3.05) is 20.7 Å². The van der Waals surface area contributed by atoms with E-state index in [-0.39, 0.29) is 0 Å². The lowest BCUT2D eigenvalue weighted by Gasteiger charge is -2.71. The molecule has 0 aliphatic heterocycles. The smallest absolute Gasteiger partial charge is 0.118 e. The Bertz CT molecular complexity index is 376. The zero-order valence-electron chi connectivity index (χ0n) is 10.0. The third-order valence-electron chi connectivity index (χ3n) is 4.39. The van der Waals surface area contributed by atoms with Gasteiger partial charge in [-0.3, -0.25) is 0 Å². The van der Waals surface area contributed by atoms with E-state index in [9.17, 15) is 0 Å². The van der Waals surface area contributed by atoms with Crippen molar-refractivity contribution in [3.8, 4) is 5.75 Å². The van der Waals surface area contributed by atoms with Crippen LogP contribution in [-0.2, 0) is 5.41 Å². The van der Waals surface area contributed by atoms with Gasteiger partial charge in [0.2, 0.25) is 0 Å². The second-order valence-corrected chi connectivity index (χ2v) is 5.57. The van der Waals surface area contributed by atoms with Crippen molar-refractivity contribution in [1.29, 1.82) is 0 Å². The minimum atomic E-state index is 0.517. The average molecular weight is 217 g/mol. The van der Waals surface area contributed by atoms with Crippen LogP contribution in [0.3, 0.4) is 0 Å². The van der Waals surface area contributed by atoms with Gasteiger partial charge in [0.1, 0.15) is 5.75 Å². The third kappa shape index (κ3) is 1.23. The third-order valence-corrected chi connectivity index (χ3v) is 4.39. The van der Waals surface area contributed by atoms with Gasteiger partial charge in [0.05, 0.1) is 7.11 Å². The molecular formula is C14H19NO. The zero-order valence-corrected chi connectivity index (χ0v) is 10.0. The SMILES string of the molecule is CNCC12CC(c3ccc(OC)cc3)(C1)C2. The lowest BCUT2D eigenvalue weighted by atomic mass is 9.33. The molecule has 0 spiro atoms. The summed E-state index contributed by atoms with van der Waals surface area (Å²) >= 11 is 0. The Hall–Kier alpha value is -1.02. The van der Waals surface area contributed by atoms with Gasteiger partial charge >= 0.3 is 0 Å². The van der Waals surface area contributed by atoms with Gasteiger partial charge < -0.3 is 10.1 Å². The van der Waals surface area contributed by atoms with E-state index >= 15 is 0 Å². The average Bonchev–Trinajstić information content (AvgIpc) is 2.22. The van der Waals surface area contributed by atoms with Crippen molar-refractivity contribution in [2.24, 2.45) is 5.41 Å². The first-order valence-corrected chi connectivity index (χ1v) is 6.01. The highest BCUT2D eigenvalue weighted by Gasteiger charge is 2.67. The molecule has 0 saturated heterocycles. The maximum atomic E-state index is 5.19. The van der Waals surface area contributed by atoms with Crippen LogP contribution in [0.2, 0.25) is 0 Å². The first kappa shape index (κ1) is 10.2. The lowest BCUT2D eigenvalue weighted by Crippen LogP contribution is -2.67. The standard InChI is InChI=1S/C14H19NO/c1-15-10-13-7-14(8-13,9-13)11-3-5-12(16-2)6-4-11/h3-6,15H,7-10H2,1-2H3. The molecule has 2 heteroatoms. The van der Waals surface area contributed by atoms with Gasteiger partial charge in [0.15, 0.2) is 0 Å². The number of methoxy groups -OCH3 is 1. The molecule has 0 heterocycles. The van der Waals surface area contributed by atoms with Crippen LogP contribution in [0.25, 0.3) is 0 Å². The minimum Gasteiger partial charge on any atom is -0.497 e. The summed E-state index contributed by atoms with van der Waals surface area (Å²) in [6, 6.07) is 8.64. The quantitative estimate of drug-likeness (QED) is 0.836. The molecule has 2 bridgehead atoms. The van der Waals surface area contributed by atoms with E-state index in [1.807, 2.05) is 0 Å². The summed E-state index contributed by atoms with van der Waals surface area (Å²) < 4.78 is 5.19. The Kier molecular flexibility index (Phi) is 2.05. The Labute approximate surface area is 97.0 Å². The molecule has 0 radical (unpaired) electrons. The highest BCUT2D eigenvalue weighted by molar-refractivity contribution is 5.41. The van der Waals surface area contributed by atoms with Crippen molar-refractivity contribution < 1.29 is 4.74 Å². The molecule has 3 aliphatic rings. The predicted octanol–water partition coefficient (Wildman–Crippen LogP) is 2.34. The summed E-state index contributed by atoms with van der Waals surface area (Å²) in [5.74, 6) is 0.959. The van der Waals surface area contributed by atoms with Crippen LogP contribution in [-0.4, -0.2) is 20.7 Å². The Morgan fingerprint density at radius 2 is 1.81 bits per heavy atom. The number of nitrogens with one attached hydrogen (secondary N) is 1. The fraction of sp³-hybridized carbons (Fsp3) is 0.571. The van der Waals surface area contributed by atoms with E-state index in [1.54, 1.807) is 7.11 Å². The minimum absolute atomic E-state index is 0.517. The fourth-order valence-electron chi connectivity index (χ4n) is 3.81. The van der Waals surface area contributed by atoms with E-state index in [1.165, 1.54) is 31.4 Å². The van der Waals surface area contributed by atoms with Gasteiger partial charge in [0.25, 0.3) is 0 Å². The number of rotatable bonds is 4. The monoisotopic (exact) mass is 217 g/mol. The maximum absolute atomic E-state index is 5.19. The Balaban J connectivity index is 1.72. The van der Waals surface area contributed by atoms with Gasteiger partial charge in [-0.1, -0.05) is 12.1 Å². The molecular weight excluding hydrogens is 198 g/mol.